The Morgan fingerprint density at radius 3 is 0.683 bits per heavy atom. The third-order valence-corrected chi connectivity index (χ3v) is 11.4. The van der Waals surface area contributed by atoms with E-state index in [0.29, 0.717) is 39.6 Å². The third kappa shape index (κ3) is 15.8. The van der Waals surface area contributed by atoms with Gasteiger partial charge in [0.15, 0.2) is 34.5 Å². The average molecular weight is 825 g/mol. The molecular formula is C54H80O6. The molecule has 332 valence electrons. The second kappa shape index (κ2) is 29.3. The molecule has 0 saturated carbocycles. The quantitative estimate of drug-likeness (QED) is 0.0262. The smallest absolute Gasteiger partial charge is 0.161 e. The minimum absolute atomic E-state index is 0.571. The Bertz CT molecular complexity index is 1790. The van der Waals surface area contributed by atoms with Gasteiger partial charge in [0.2, 0.25) is 0 Å². The number of hydrogen-bond donors (Lipinski definition) is 0. The lowest BCUT2D eigenvalue weighted by atomic mass is 9.93. The van der Waals surface area contributed by atoms with Crippen molar-refractivity contribution in [2.24, 2.45) is 0 Å². The van der Waals surface area contributed by atoms with E-state index in [2.05, 4.69) is 76.9 Å². The van der Waals surface area contributed by atoms with Crippen LogP contribution in [-0.2, 0) is 0 Å². The van der Waals surface area contributed by atoms with E-state index < -0.39 is 0 Å². The van der Waals surface area contributed by atoms with Gasteiger partial charge >= 0.3 is 0 Å². The molecule has 0 aliphatic heterocycles. The highest BCUT2D eigenvalue weighted by Crippen LogP contribution is 2.47. The van der Waals surface area contributed by atoms with Gasteiger partial charge in [-0.25, -0.2) is 0 Å². The molecule has 0 heterocycles. The van der Waals surface area contributed by atoms with Crippen LogP contribution in [0.15, 0.2) is 36.4 Å². The summed E-state index contributed by atoms with van der Waals surface area (Å²) in [5, 5.41) is 6.56. The maximum Gasteiger partial charge on any atom is 0.161 e. The van der Waals surface area contributed by atoms with Crippen LogP contribution in [0.4, 0.5) is 0 Å². The van der Waals surface area contributed by atoms with Gasteiger partial charge < -0.3 is 28.4 Å². The van der Waals surface area contributed by atoms with Crippen molar-refractivity contribution in [3.8, 4) is 46.8 Å². The zero-order chi connectivity index (χ0) is 42.6. The lowest BCUT2D eigenvalue weighted by molar-refractivity contribution is 0.259. The molecule has 6 nitrogen and oxygen atoms in total. The maximum atomic E-state index is 6.64. The second-order valence-electron chi connectivity index (χ2n) is 16.6. The van der Waals surface area contributed by atoms with E-state index in [9.17, 15) is 0 Å². The van der Waals surface area contributed by atoms with E-state index in [1.807, 2.05) is 0 Å². The minimum atomic E-state index is 0.571. The second-order valence-corrected chi connectivity index (χ2v) is 16.6. The van der Waals surface area contributed by atoms with Crippen molar-refractivity contribution >= 4 is 32.3 Å². The Morgan fingerprint density at radius 1 is 0.300 bits per heavy atom. The van der Waals surface area contributed by atoms with Gasteiger partial charge in [-0.15, -0.1) is 12.3 Å². The molecule has 4 aromatic rings. The molecule has 0 saturated heterocycles. The van der Waals surface area contributed by atoms with E-state index in [1.54, 1.807) is 0 Å². The summed E-state index contributed by atoms with van der Waals surface area (Å²) in [6.45, 7) is 15.0. The van der Waals surface area contributed by atoms with Gasteiger partial charge in [0, 0.05) is 6.42 Å². The van der Waals surface area contributed by atoms with Gasteiger partial charge in [0.1, 0.15) is 0 Å². The Labute approximate surface area is 364 Å². The lowest BCUT2D eigenvalue weighted by Crippen LogP contribution is -2.05. The molecule has 0 N–H and O–H groups in total. The monoisotopic (exact) mass is 825 g/mol. The largest absolute Gasteiger partial charge is 0.490 e. The van der Waals surface area contributed by atoms with E-state index in [-0.39, 0.29) is 0 Å². The zero-order valence-electron chi connectivity index (χ0n) is 38.5. The summed E-state index contributed by atoms with van der Waals surface area (Å²) in [7, 11) is 0. The number of ether oxygens (including phenoxy) is 6. The molecule has 4 rings (SSSR count). The number of unbranched alkanes of at least 4 members (excludes halogenated alkanes) is 17. The zero-order valence-corrected chi connectivity index (χ0v) is 38.5. The molecule has 0 aliphatic rings. The van der Waals surface area contributed by atoms with Crippen molar-refractivity contribution in [3.05, 3.63) is 36.4 Å². The van der Waals surface area contributed by atoms with E-state index in [4.69, 9.17) is 34.8 Å². The van der Waals surface area contributed by atoms with Crippen LogP contribution in [0.5, 0.6) is 34.5 Å². The summed E-state index contributed by atoms with van der Waals surface area (Å²) in [5.41, 5.74) is 0. The number of terminal acetylenes is 1. The van der Waals surface area contributed by atoms with Gasteiger partial charge in [-0.2, -0.15) is 0 Å². The summed E-state index contributed by atoms with van der Waals surface area (Å²) in [5.74, 6) is 7.49. The maximum absolute atomic E-state index is 6.64. The first-order valence-electron chi connectivity index (χ1n) is 24.3. The number of fused-ring (bicyclic) bond motifs is 6. The topological polar surface area (TPSA) is 55.4 Å². The summed E-state index contributed by atoms with van der Waals surface area (Å²) in [6, 6.07) is 13.3. The molecule has 0 bridgehead atoms. The van der Waals surface area contributed by atoms with Gasteiger partial charge in [-0.05, 0) is 114 Å². The molecule has 60 heavy (non-hydrogen) atoms. The van der Waals surface area contributed by atoms with E-state index in [0.717, 1.165) is 150 Å². The van der Waals surface area contributed by atoms with Gasteiger partial charge in [-0.3, -0.25) is 0 Å². The van der Waals surface area contributed by atoms with Gasteiger partial charge in [0.25, 0.3) is 0 Å². The first-order valence-corrected chi connectivity index (χ1v) is 24.3. The van der Waals surface area contributed by atoms with Crippen LogP contribution in [0.3, 0.4) is 0 Å². The molecule has 0 atom stereocenters. The molecule has 0 radical (unpaired) electrons. The van der Waals surface area contributed by atoms with Crippen LogP contribution in [-0.4, -0.2) is 39.6 Å². The predicted octanol–water partition coefficient (Wildman–Crippen LogP) is 16.1. The summed E-state index contributed by atoms with van der Waals surface area (Å²) in [4.78, 5) is 0. The van der Waals surface area contributed by atoms with Gasteiger partial charge in [-0.1, -0.05) is 131 Å². The normalized spacial score (nSPS) is 11.3. The molecule has 0 unspecified atom stereocenters. The van der Waals surface area contributed by atoms with Crippen molar-refractivity contribution in [2.75, 3.05) is 39.6 Å². The molecule has 0 amide bonds. The van der Waals surface area contributed by atoms with Gasteiger partial charge in [0.05, 0.1) is 39.6 Å². The fourth-order valence-corrected chi connectivity index (χ4v) is 7.76. The minimum Gasteiger partial charge on any atom is -0.490 e. The van der Waals surface area contributed by atoms with Crippen molar-refractivity contribution < 1.29 is 28.4 Å². The van der Waals surface area contributed by atoms with E-state index >= 15 is 0 Å². The Balaban J connectivity index is 1.95. The molecule has 0 spiro atoms. The highest BCUT2D eigenvalue weighted by molar-refractivity contribution is 6.26. The van der Waals surface area contributed by atoms with Crippen LogP contribution < -0.4 is 28.4 Å². The summed E-state index contributed by atoms with van der Waals surface area (Å²) >= 11 is 0. The number of rotatable bonds is 35. The van der Waals surface area contributed by atoms with E-state index in [1.165, 1.54) is 64.2 Å². The molecule has 0 fully saturated rings. The summed E-state index contributed by atoms with van der Waals surface area (Å²) in [6.07, 6.45) is 30.9. The summed E-state index contributed by atoms with van der Waals surface area (Å²) < 4.78 is 39.7. The predicted molar refractivity (Wildman–Crippen MR) is 255 cm³/mol. The van der Waals surface area contributed by atoms with Crippen molar-refractivity contribution in [1.29, 1.82) is 0 Å². The Hall–Kier alpha value is -3.98. The molecular weight excluding hydrogens is 745 g/mol. The van der Waals surface area contributed by atoms with Crippen LogP contribution in [0.2, 0.25) is 0 Å². The highest BCUT2D eigenvalue weighted by Gasteiger charge is 2.21. The fraction of sp³-hybridized carbons (Fsp3) is 0.630. The average Bonchev–Trinajstić information content (AvgIpc) is 3.26. The lowest BCUT2D eigenvalue weighted by Gasteiger charge is -2.21. The molecule has 0 aliphatic carbocycles. The SMILES string of the molecule is C#CCCCCOc1cc2c(cc1OCCCCCC)c1cc(OCCCCCC)c(OCCCCCC)cc1c1cc(OCCCCCC)c(OCCCCCC)cc21. The standard InChI is InChI=1S/C54H80O6/c1-7-13-19-25-31-55-49-37-43-44(38-50(49)56-32-26-20-14-8-2)46-40-52(58-34-28-22-16-10-4)54(60-36-30-24-18-12-6)42-48(46)47-41-53(59-35-29-23-17-11-5)51(39-45(43)47)57-33-27-21-15-9-3/h1,37-42H,8-36H2,2-6H3. The van der Waals surface area contributed by atoms with Crippen LogP contribution in [0.1, 0.15) is 182 Å². The Morgan fingerprint density at radius 2 is 0.500 bits per heavy atom. The van der Waals surface area contributed by atoms with Crippen molar-refractivity contribution in [3.63, 3.8) is 0 Å². The van der Waals surface area contributed by atoms with Crippen LogP contribution in [0.25, 0.3) is 32.3 Å². The fourth-order valence-electron chi connectivity index (χ4n) is 7.76. The molecule has 4 aromatic carbocycles. The molecule has 6 heteroatoms. The van der Waals surface area contributed by atoms with Crippen molar-refractivity contribution in [1.82, 2.24) is 0 Å². The number of hydrogen-bond acceptors (Lipinski definition) is 6. The van der Waals surface area contributed by atoms with Crippen molar-refractivity contribution in [2.45, 2.75) is 182 Å². The Kier molecular flexibility index (Phi) is 23.8. The number of benzene rings is 4. The first-order chi connectivity index (χ1) is 29.6. The molecule has 0 aromatic heterocycles. The van der Waals surface area contributed by atoms with Crippen LogP contribution >= 0.6 is 0 Å². The third-order valence-electron chi connectivity index (χ3n) is 11.4. The highest BCUT2D eigenvalue weighted by atomic mass is 16.5. The van der Waals surface area contributed by atoms with Crippen LogP contribution in [0, 0.1) is 12.3 Å². The first kappa shape index (κ1) is 48.7.